The van der Waals surface area contributed by atoms with Gasteiger partial charge in [0, 0.05) is 0 Å². The first-order chi connectivity index (χ1) is 0. The van der Waals surface area contributed by atoms with E-state index >= 15 is 0 Å². The van der Waals surface area contributed by atoms with E-state index in [0.29, 0.717) is 0 Å². The summed E-state index contributed by atoms with van der Waals surface area (Å²) < 4.78 is 0. The fourth-order valence-electron chi connectivity index (χ4n) is 0. The maximum Gasteiger partial charge on any atom is 3.00 e. The summed E-state index contributed by atoms with van der Waals surface area (Å²) in [4.78, 5) is 0. The summed E-state index contributed by atoms with van der Waals surface area (Å²) in [6.07, 6.45) is 0. The van der Waals surface area contributed by atoms with Crippen LogP contribution in [0.4, 0.5) is 0 Å². The van der Waals surface area contributed by atoms with Crippen LogP contribution in [-0.4, -0.2) is 0 Å². The molecule has 0 unspecified atom stereocenters. The monoisotopic (exact) mass is 1110 g/mol. The van der Waals surface area contributed by atoms with Gasteiger partial charge in [0.25, 0.3) is 0 Å². The van der Waals surface area contributed by atoms with Gasteiger partial charge in [-0.2, -0.15) is 0 Å². The minimum atomic E-state index is 0. The van der Waals surface area contributed by atoms with Crippen LogP contribution in [0.3, 0.4) is 0 Å². The summed E-state index contributed by atoms with van der Waals surface area (Å²) >= 11 is 0. The maximum absolute atomic E-state index is 0. The summed E-state index contributed by atoms with van der Waals surface area (Å²) in [5, 5.41) is 0. The van der Waals surface area contributed by atoms with Gasteiger partial charge >= 0.3 is 249 Å². The smallest absolute Gasteiger partial charge is 2.00 e. The van der Waals surface area contributed by atoms with Crippen molar-refractivity contribution in [2.45, 2.75) is 0 Å². The van der Waals surface area contributed by atoms with Gasteiger partial charge in [-0.15, -0.1) is 0 Å². The molecule has 4 radical (unpaired) electrons. The van der Waals surface area contributed by atoms with Crippen molar-refractivity contribution < 1.29 is 299 Å². The van der Waals surface area contributed by atoms with Crippen molar-refractivity contribution in [1.29, 1.82) is 0 Å². The van der Waals surface area contributed by atoms with Crippen LogP contribution in [0.2, 0.25) is 0 Å². The van der Waals surface area contributed by atoms with Crippen LogP contribution in [0.1, 0.15) is 0 Å². The molecule has 0 rings (SSSR count). The van der Waals surface area contributed by atoms with E-state index in [1.807, 2.05) is 0 Å². The maximum atomic E-state index is 0. The zero-order chi connectivity index (χ0) is 0. The van der Waals surface area contributed by atoms with E-state index < -0.39 is 0 Å². The van der Waals surface area contributed by atoms with Gasteiger partial charge in [0.2, 0.25) is 0 Å². The van der Waals surface area contributed by atoms with Crippen molar-refractivity contribution in [2.75, 3.05) is 0 Å². The van der Waals surface area contributed by atoms with E-state index in [2.05, 4.69) is 0 Å². The molecule has 0 atom stereocenters. The van der Waals surface area contributed by atoms with E-state index in [9.17, 15) is 0 Å². The topological polar surface area (TPSA) is 256 Å². The van der Waals surface area contributed by atoms with Gasteiger partial charge in [0.1, 0.15) is 0 Å². The van der Waals surface area contributed by atoms with Crippen LogP contribution in [0.5, 0.6) is 0 Å². The molecule has 0 N–H and O–H groups in total. The molecule has 15 heteroatoms. The molecule has 0 heterocycles. The Labute approximate surface area is 289 Å². The second kappa shape index (κ2) is 154. The minimum absolute atomic E-state index is 0. The van der Waals surface area contributed by atoms with Crippen LogP contribution >= 0.6 is 0 Å². The zero-order valence-electron chi connectivity index (χ0n) is 5.76. The summed E-state index contributed by atoms with van der Waals surface area (Å²) in [6.45, 7) is 0. The Morgan fingerprint density at radius 3 is 0.267 bits per heavy atom. The van der Waals surface area contributed by atoms with Crippen LogP contribution in [0.25, 0.3) is 0 Å². The van der Waals surface area contributed by atoms with Gasteiger partial charge in [-0.05, 0) is 0 Å². The molecular weight excluding hydrogens is 1120 g/mol. The van der Waals surface area contributed by atoms with E-state index in [0.717, 1.165) is 0 Å². The first-order valence-corrected chi connectivity index (χ1v) is 0. The Bertz CT molecular complexity index is 24.1. The van der Waals surface area contributed by atoms with Crippen LogP contribution < -0.4 is 0 Å². The second-order valence-electron chi connectivity index (χ2n) is 0. The number of hydrogen-bond acceptors (Lipinski definition) is 0. The molecule has 0 aliphatic heterocycles. The summed E-state index contributed by atoms with van der Waals surface area (Å²) in [6, 6.07) is 0. The van der Waals surface area contributed by atoms with Crippen molar-refractivity contribution in [1.82, 2.24) is 0 Å². The van der Waals surface area contributed by atoms with Gasteiger partial charge in [-0.1, -0.05) is 0 Å². The standard InChI is InChI=1S/2Nd.9O.2Tm.2Yb/q2*+3;9*-2;4*+3. The third kappa shape index (κ3) is 140. The summed E-state index contributed by atoms with van der Waals surface area (Å²) in [5.74, 6) is 0. The summed E-state index contributed by atoms with van der Waals surface area (Å²) in [7, 11) is 0. The molecule has 0 bridgehead atoms. The molecule has 0 saturated carbocycles. The van der Waals surface area contributed by atoms with Gasteiger partial charge < -0.3 is 49.3 Å². The average Bonchev–Trinajstić information content (AvgIpc) is 0. The van der Waals surface area contributed by atoms with Gasteiger partial charge in [-0.3, -0.25) is 0 Å². The first-order valence-electron chi connectivity index (χ1n) is 0. The van der Waals surface area contributed by atoms with Crippen molar-refractivity contribution in [3.8, 4) is 0 Å². The molecule has 0 aliphatic carbocycles. The molecule has 9 nitrogen and oxygen atoms in total. The van der Waals surface area contributed by atoms with Gasteiger partial charge in [0.15, 0.2) is 0 Å². The zero-order valence-corrected chi connectivity index (χ0v) is 19.2. The molecule has 0 aromatic carbocycles. The molecule has 116 valence electrons. The van der Waals surface area contributed by atoms with Crippen LogP contribution in [-0.2, 0) is 49.3 Å². The molecule has 0 spiro atoms. The van der Waals surface area contributed by atoms with Gasteiger partial charge in [0.05, 0.1) is 0 Å². The summed E-state index contributed by atoms with van der Waals surface area (Å²) in [5.41, 5.74) is 0. The Kier molecular flexibility index (Phi) is 1820. The van der Waals surface area contributed by atoms with Gasteiger partial charge in [-0.25, -0.2) is 0 Å². The largest absolute Gasteiger partial charge is 3.00 e. The third-order valence-electron chi connectivity index (χ3n) is 0. The third-order valence-corrected chi connectivity index (χ3v) is 0. The molecule has 0 saturated heterocycles. The fraction of sp³-hybridized carbons (Fsp3) is 0. The predicted octanol–water partition coefficient (Wildman–Crippen LogP) is -1.07. The molecule has 0 aromatic rings. The fourth-order valence-corrected chi connectivity index (χ4v) is 0. The number of hydrogen-bond donors (Lipinski definition) is 0. The van der Waals surface area contributed by atoms with Crippen molar-refractivity contribution in [2.24, 2.45) is 0 Å². The molecule has 0 aromatic heterocycles. The molecule has 0 amide bonds. The van der Waals surface area contributed by atoms with Crippen molar-refractivity contribution >= 4 is 0 Å². The van der Waals surface area contributed by atoms with Crippen molar-refractivity contribution in [3.05, 3.63) is 0 Å². The Morgan fingerprint density at radius 2 is 0.267 bits per heavy atom. The molecule has 0 fully saturated rings. The van der Waals surface area contributed by atoms with E-state index in [1.54, 1.807) is 0 Å². The normalized spacial score (nSPS) is 0. The van der Waals surface area contributed by atoms with E-state index in [-0.39, 0.29) is 299 Å². The SMILES string of the molecule is [Nd+3].[Nd+3].[O-2].[O-2].[O-2].[O-2].[O-2].[O-2].[O-2].[O-2].[O-2].[Tm+3].[Tm+3].[Yb+3].[Yb+3]. The Hall–Kier alpha value is 7.85. The molecule has 15 heavy (non-hydrogen) atoms. The Morgan fingerprint density at radius 1 is 0.267 bits per heavy atom. The predicted molar refractivity (Wildman–Crippen MR) is 6.18 cm³/mol. The van der Waals surface area contributed by atoms with E-state index in [1.165, 1.54) is 0 Å². The molecule has 0 aliphatic rings. The Balaban J connectivity index is 0. The van der Waals surface area contributed by atoms with Crippen LogP contribution in [0, 0.1) is 249 Å². The van der Waals surface area contributed by atoms with Crippen LogP contribution in [0.15, 0.2) is 0 Å². The first kappa shape index (κ1) is 177. The quantitative estimate of drug-likeness (QED) is 0.281. The molecular formula is Nd2O9Tm2Yb2. The second-order valence-corrected chi connectivity index (χ2v) is 0. The van der Waals surface area contributed by atoms with E-state index in [4.69, 9.17) is 0 Å². The van der Waals surface area contributed by atoms with Crippen molar-refractivity contribution in [3.63, 3.8) is 0 Å². The average molecular weight is 1120 g/mol. The minimum Gasteiger partial charge on any atom is -2.00 e. The number of rotatable bonds is 0.